The van der Waals surface area contributed by atoms with Crippen molar-refractivity contribution in [2.45, 2.75) is 37.5 Å². The highest BCUT2D eigenvalue weighted by atomic mass is 32.1. The number of carbonyl (C=O) groups is 1. The molecule has 0 spiro atoms. The van der Waals surface area contributed by atoms with Gasteiger partial charge in [-0.1, -0.05) is 0 Å². The molecule has 0 saturated carbocycles. The third kappa shape index (κ3) is 1.90. The highest BCUT2D eigenvalue weighted by Crippen LogP contribution is 2.17. The van der Waals surface area contributed by atoms with Gasteiger partial charge in [-0.2, -0.15) is 12.6 Å². The fourth-order valence-electron chi connectivity index (χ4n) is 1.05. The number of thiol groups is 1. The topological polar surface area (TPSA) is 26.3 Å². The van der Waals surface area contributed by atoms with Crippen molar-refractivity contribution in [1.82, 2.24) is 0 Å². The molecule has 1 rings (SSSR count). The van der Waals surface area contributed by atoms with E-state index in [-0.39, 0.29) is 17.3 Å². The van der Waals surface area contributed by atoms with Crippen molar-refractivity contribution in [3.05, 3.63) is 0 Å². The Morgan fingerprint density at radius 1 is 1.60 bits per heavy atom. The summed E-state index contributed by atoms with van der Waals surface area (Å²) in [6, 6.07) is 0. The lowest BCUT2D eigenvalue weighted by Gasteiger charge is -2.08. The second kappa shape index (κ2) is 3.28. The van der Waals surface area contributed by atoms with Gasteiger partial charge in [0.1, 0.15) is 0 Å². The molecule has 10 heavy (non-hydrogen) atoms. The van der Waals surface area contributed by atoms with Gasteiger partial charge in [0.05, 0.1) is 11.4 Å². The molecule has 1 aliphatic heterocycles. The van der Waals surface area contributed by atoms with E-state index in [0.717, 1.165) is 19.3 Å². The zero-order chi connectivity index (χ0) is 7.56. The van der Waals surface area contributed by atoms with E-state index in [4.69, 9.17) is 4.74 Å². The van der Waals surface area contributed by atoms with Gasteiger partial charge in [-0.05, 0) is 26.2 Å². The van der Waals surface area contributed by atoms with Gasteiger partial charge in [-0.25, -0.2) is 0 Å². The van der Waals surface area contributed by atoms with E-state index in [1.165, 1.54) is 0 Å². The van der Waals surface area contributed by atoms with Crippen LogP contribution in [0.4, 0.5) is 0 Å². The first-order valence-corrected chi connectivity index (χ1v) is 4.10. The summed E-state index contributed by atoms with van der Waals surface area (Å²) in [7, 11) is 0. The molecule has 0 radical (unpaired) electrons. The minimum Gasteiger partial charge on any atom is -0.462 e. The van der Waals surface area contributed by atoms with Crippen LogP contribution in [0.2, 0.25) is 0 Å². The number of esters is 1. The van der Waals surface area contributed by atoms with E-state index in [1.807, 2.05) is 6.92 Å². The average Bonchev–Trinajstić information content (AvgIpc) is 1.96. The second-order valence-electron chi connectivity index (χ2n) is 2.69. The number of carbonyl (C=O) groups excluding carboxylic acids is 1. The van der Waals surface area contributed by atoms with E-state index in [9.17, 15) is 4.79 Å². The quantitative estimate of drug-likeness (QED) is 0.428. The Bertz CT molecular complexity index is 136. The largest absolute Gasteiger partial charge is 0.462 e. The van der Waals surface area contributed by atoms with Crippen molar-refractivity contribution in [2.24, 2.45) is 0 Å². The molecule has 0 aromatic carbocycles. The van der Waals surface area contributed by atoms with Crippen molar-refractivity contribution >= 4 is 18.6 Å². The average molecular weight is 160 g/mol. The maximum Gasteiger partial charge on any atom is 0.319 e. The van der Waals surface area contributed by atoms with E-state index in [0.29, 0.717) is 0 Å². The molecule has 2 unspecified atom stereocenters. The molecule has 0 aliphatic carbocycles. The molecule has 0 N–H and O–H groups in total. The maximum atomic E-state index is 10.9. The molecule has 0 bridgehead atoms. The van der Waals surface area contributed by atoms with E-state index >= 15 is 0 Å². The second-order valence-corrected chi connectivity index (χ2v) is 3.32. The predicted octanol–water partition coefficient (Wildman–Crippen LogP) is 1.40. The molecule has 58 valence electrons. The van der Waals surface area contributed by atoms with E-state index in [1.54, 1.807) is 0 Å². The number of cyclic esters (lactones) is 1. The molecule has 0 aromatic heterocycles. The predicted molar refractivity (Wildman–Crippen MR) is 42.2 cm³/mol. The molecule has 2 nitrogen and oxygen atoms in total. The summed E-state index contributed by atoms with van der Waals surface area (Å²) < 4.78 is 5.01. The van der Waals surface area contributed by atoms with Gasteiger partial charge in [0.15, 0.2) is 0 Å². The van der Waals surface area contributed by atoms with Crippen LogP contribution in [0.5, 0.6) is 0 Å². The Balaban J connectivity index is 2.49. The van der Waals surface area contributed by atoms with E-state index in [2.05, 4.69) is 12.6 Å². The summed E-state index contributed by atoms with van der Waals surface area (Å²) in [4.78, 5) is 10.9. The molecule has 2 atom stereocenters. The minimum absolute atomic E-state index is 0.0876. The lowest BCUT2D eigenvalue weighted by Crippen LogP contribution is -2.18. The van der Waals surface area contributed by atoms with Gasteiger partial charge in [-0.15, -0.1) is 0 Å². The number of hydrogen-bond acceptors (Lipinski definition) is 3. The van der Waals surface area contributed by atoms with Gasteiger partial charge < -0.3 is 4.74 Å². The lowest BCUT2D eigenvalue weighted by molar-refractivity contribution is -0.146. The van der Waals surface area contributed by atoms with Crippen molar-refractivity contribution in [2.75, 3.05) is 0 Å². The Morgan fingerprint density at radius 2 is 2.30 bits per heavy atom. The third-order valence-corrected chi connectivity index (χ3v) is 2.15. The molecule has 1 heterocycles. The highest BCUT2D eigenvalue weighted by molar-refractivity contribution is 7.81. The standard InChI is InChI=1S/C7H12O2S/c1-5-3-2-4-6(10)7(8)9-5/h5-6,10H,2-4H2,1H3. The fourth-order valence-corrected chi connectivity index (χ4v) is 1.30. The minimum atomic E-state index is -0.190. The van der Waals surface area contributed by atoms with Crippen LogP contribution in [-0.2, 0) is 9.53 Å². The number of ether oxygens (including phenoxy) is 1. The van der Waals surface area contributed by atoms with Gasteiger partial charge in [0.25, 0.3) is 0 Å². The first-order valence-electron chi connectivity index (χ1n) is 3.58. The summed E-state index contributed by atoms with van der Waals surface area (Å²) in [5.41, 5.74) is 0. The molecule has 1 aliphatic rings. The molecule has 0 aromatic rings. The van der Waals surface area contributed by atoms with Crippen LogP contribution in [0, 0.1) is 0 Å². The van der Waals surface area contributed by atoms with Gasteiger partial charge in [-0.3, -0.25) is 4.79 Å². The lowest BCUT2D eigenvalue weighted by atomic mass is 10.1. The van der Waals surface area contributed by atoms with Gasteiger partial charge in [0.2, 0.25) is 0 Å². The van der Waals surface area contributed by atoms with Crippen LogP contribution in [0.1, 0.15) is 26.2 Å². The summed E-state index contributed by atoms with van der Waals surface area (Å²) in [5.74, 6) is -0.159. The zero-order valence-corrected chi connectivity index (χ0v) is 6.93. The summed E-state index contributed by atoms with van der Waals surface area (Å²) in [6.07, 6.45) is 2.96. The first-order chi connectivity index (χ1) is 4.70. The van der Waals surface area contributed by atoms with Crippen LogP contribution in [0.3, 0.4) is 0 Å². The SMILES string of the molecule is CC1CCCC(S)C(=O)O1. The Morgan fingerprint density at radius 3 is 3.00 bits per heavy atom. The van der Waals surface area contributed by atoms with Crippen LogP contribution < -0.4 is 0 Å². The smallest absolute Gasteiger partial charge is 0.319 e. The normalized spacial score (nSPS) is 34.8. The van der Waals surface area contributed by atoms with Crippen LogP contribution in [-0.4, -0.2) is 17.3 Å². The number of rotatable bonds is 0. The third-order valence-electron chi connectivity index (χ3n) is 1.68. The fraction of sp³-hybridized carbons (Fsp3) is 0.857. The molecular weight excluding hydrogens is 148 g/mol. The summed E-state index contributed by atoms with van der Waals surface area (Å²) in [5, 5.41) is -0.190. The Labute approximate surface area is 66.4 Å². The van der Waals surface area contributed by atoms with Crippen molar-refractivity contribution in [3.63, 3.8) is 0 Å². The zero-order valence-electron chi connectivity index (χ0n) is 6.04. The van der Waals surface area contributed by atoms with Crippen molar-refractivity contribution in [1.29, 1.82) is 0 Å². The van der Waals surface area contributed by atoms with Crippen molar-refractivity contribution in [3.8, 4) is 0 Å². The molecular formula is C7H12O2S. The molecule has 3 heteroatoms. The summed E-state index contributed by atoms with van der Waals surface area (Å²) in [6.45, 7) is 1.92. The molecule has 1 fully saturated rings. The highest BCUT2D eigenvalue weighted by Gasteiger charge is 2.21. The van der Waals surface area contributed by atoms with Crippen LogP contribution in [0.15, 0.2) is 0 Å². The maximum absolute atomic E-state index is 10.9. The Hall–Kier alpha value is -0.180. The van der Waals surface area contributed by atoms with Gasteiger partial charge in [0, 0.05) is 0 Å². The van der Waals surface area contributed by atoms with E-state index < -0.39 is 0 Å². The Kier molecular flexibility index (Phi) is 2.60. The molecule has 0 amide bonds. The van der Waals surface area contributed by atoms with Crippen molar-refractivity contribution < 1.29 is 9.53 Å². The van der Waals surface area contributed by atoms with Crippen LogP contribution in [0.25, 0.3) is 0 Å². The number of hydrogen-bond donors (Lipinski definition) is 1. The van der Waals surface area contributed by atoms with Crippen LogP contribution >= 0.6 is 12.6 Å². The molecule has 1 saturated heterocycles. The van der Waals surface area contributed by atoms with Gasteiger partial charge >= 0.3 is 5.97 Å². The summed E-state index contributed by atoms with van der Waals surface area (Å²) >= 11 is 4.09. The monoisotopic (exact) mass is 160 g/mol. The first kappa shape index (κ1) is 7.92.